The average molecular weight is 635 g/mol. The molecule has 0 aliphatic carbocycles. The zero-order valence-corrected chi connectivity index (χ0v) is 25.6. The van der Waals surface area contributed by atoms with Crippen LogP contribution in [0.4, 0.5) is 0 Å². The molecular formula is C29H33BrClN3O4S. The van der Waals surface area contributed by atoms with Crippen molar-refractivity contribution < 1.29 is 18.0 Å². The molecule has 3 aromatic carbocycles. The predicted molar refractivity (Wildman–Crippen MR) is 158 cm³/mol. The minimum absolute atomic E-state index is 0.0204. The van der Waals surface area contributed by atoms with Gasteiger partial charge in [0.15, 0.2) is 0 Å². The van der Waals surface area contributed by atoms with E-state index in [2.05, 4.69) is 21.2 Å². The van der Waals surface area contributed by atoms with Crippen LogP contribution in [0.2, 0.25) is 5.02 Å². The first-order valence-electron chi connectivity index (χ1n) is 12.4. The lowest BCUT2D eigenvalue weighted by Crippen LogP contribution is -2.56. The Bertz CT molecular complexity index is 1390. The Hall–Kier alpha value is -2.72. The number of nitrogens with one attached hydrogen (secondary N) is 1. The Morgan fingerprint density at radius 3 is 2.15 bits per heavy atom. The highest BCUT2D eigenvalue weighted by Gasteiger charge is 2.34. The van der Waals surface area contributed by atoms with E-state index in [9.17, 15) is 18.0 Å². The minimum atomic E-state index is -3.98. The van der Waals surface area contributed by atoms with Crippen molar-refractivity contribution in [3.05, 3.63) is 99.5 Å². The smallest absolute Gasteiger partial charge is 0.243 e. The van der Waals surface area contributed by atoms with E-state index in [0.717, 1.165) is 19.9 Å². The molecule has 0 aliphatic heterocycles. The standard InChI is InChI=1S/C29H33BrClN3O4S/c1-29(2,3)32-28(36)26(18-21-9-6-5-7-10-21)34(19-22-11-8-12-23(30)17-22)27(35)20-33(4)39(37,38)25-15-13-24(31)14-16-25/h5-17,26H,18-20H2,1-4H3,(H,32,36)/t26-/m0/s1. The van der Waals surface area contributed by atoms with Crippen molar-refractivity contribution in [2.24, 2.45) is 0 Å². The largest absolute Gasteiger partial charge is 0.350 e. The Kier molecular flexibility index (Phi) is 10.3. The molecule has 208 valence electrons. The van der Waals surface area contributed by atoms with Crippen molar-refractivity contribution in [2.75, 3.05) is 13.6 Å². The third kappa shape index (κ3) is 8.89. The summed E-state index contributed by atoms with van der Waals surface area (Å²) >= 11 is 9.39. The van der Waals surface area contributed by atoms with Gasteiger partial charge in [0.2, 0.25) is 21.8 Å². The number of rotatable bonds is 10. The summed E-state index contributed by atoms with van der Waals surface area (Å²) in [6.07, 6.45) is 0.260. The van der Waals surface area contributed by atoms with Gasteiger partial charge in [-0.05, 0) is 68.3 Å². The van der Waals surface area contributed by atoms with Crippen LogP contribution in [-0.2, 0) is 32.6 Å². The van der Waals surface area contributed by atoms with Crippen LogP contribution in [0.25, 0.3) is 0 Å². The lowest BCUT2D eigenvalue weighted by atomic mass is 10.0. The lowest BCUT2D eigenvalue weighted by molar-refractivity contribution is -0.141. The molecule has 2 amide bonds. The van der Waals surface area contributed by atoms with Gasteiger partial charge >= 0.3 is 0 Å². The van der Waals surface area contributed by atoms with Crippen LogP contribution in [0, 0.1) is 0 Å². The van der Waals surface area contributed by atoms with Gasteiger partial charge in [-0.15, -0.1) is 0 Å². The number of benzene rings is 3. The van der Waals surface area contributed by atoms with Gasteiger partial charge in [0.05, 0.1) is 11.4 Å². The first-order valence-corrected chi connectivity index (χ1v) is 15.0. The molecule has 0 heterocycles. The third-order valence-corrected chi connectivity index (χ3v) is 8.45. The number of amides is 2. The molecule has 0 radical (unpaired) electrons. The first-order chi connectivity index (χ1) is 18.3. The Balaban J connectivity index is 1.99. The van der Waals surface area contributed by atoms with Crippen LogP contribution in [0.3, 0.4) is 0 Å². The van der Waals surface area contributed by atoms with Gasteiger partial charge in [0, 0.05) is 35.0 Å². The van der Waals surface area contributed by atoms with Crippen LogP contribution in [0.15, 0.2) is 88.2 Å². The molecule has 0 aromatic heterocycles. The van der Waals surface area contributed by atoms with Gasteiger partial charge in [-0.1, -0.05) is 70.0 Å². The SMILES string of the molecule is CN(CC(=O)N(Cc1cccc(Br)c1)[C@@H](Cc1ccccc1)C(=O)NC(C)(C)C)S(=O)(=O)c1ccc(Cl)cc1. The highest BCUT2D eigenvalue weighted by atomic mass is 79.9. The van der Waals surface area contributed by atoms with Gasteiger partial charge < -0.3 is 10.2 Å². The average Bonchev–Trinajstić information content (AvgIpc) is 2.86. The van der Waals surface area contributed by atoms with Crippen molar-refractivity contribution in [3.63, 3.8) is 0 Å². The Morgan fingerprint density at radius 2 is 1.56 bits per heavy atom. The molecular weight excluding hydrogens is 602 g/mol. The lowest BCUT2D eigenvalue weighted by Gasteiger charge is -2.34. The molecule has 0 bridgehead atoms. The molecule has 0 spiro atoms. The molecule has 1 atom stereocenters. The molecule has 10 heteroatoms. The summed E-state index contributed by atoms with van der Waals surface area (Å²) in [5.41, 5.74) is 1.13. The van der Waals surface area contributed by atoms with E-state index >= 15 is 0 Å². The zero-order valence-electron chi connectivity index (χ0n) is 22.4. The van der Waals surface area contributed by atoms with Crippen LogP contribution >= 0.6 is 27.5 Å². The summed E-state index contributed by atoms with van der Waals surface area (Å²) in [7, 11) is -2.63. The molecule has 3 aromatic rings. The normalized spacial score (nSPS) is 12.7. The van der Waals surface area contributed by atoms with Crippen molar-refractivity contribution in [2.45, 2.75) is 50.2 Å². The van der Waals surface area contributed by atoms with E-state index in [0.29, 0.717) is 5.02 Å². The van der Waals surface area contributed by atoms with E-state index in [1.807, 2.05) is 75.4 Å². The second-order valence-corrected chi connectivity index (χ2v) is 13.7. The summed E-state index contributed by atoms with van der Waals surface area (Å²) in [5.74, 6) is -0.821. The molecule has 0 saturated heterocycles. The molecule has 0 aliphatic rings. The minimum Gasteiger partial charge on any atom is -0.350 e. The topological polar surface area (TPSA) is 86.8 Å². The van der Waals surface area contributed by atoms with Crippen LogP contribution in [0.1, 0.15) is 31.9 Å². The number of halogens is 2. The van der Waals surface area contributed by atoms with E-state index in [1.165, 1.54) is 36.2 Å². The number of hydrogen-bond acceptors (Lipinski definition) is 4. The molecule has 39 heavy (non-hydrogen) atoms. The molecule has 0 saturated carbocycles. The maximum atomic E-state index is 13.9. The Labute approximate surface area is 244 Å². The van der Waals surface area contributed by atoms with Gasteiger partial charge in [0.1, 0.15) is 6.04 Å². The number of carbonyl (C=O) groups excluding carboxylic acids is 2. The number of carbonyl (C=O) groups is 2. The van der Waals surface area contributed by atoms with E-state index < -0.39 is 34.1 Å². The van der Waals surface area contributed by atoms with Crippen LogP contribution in [-0.4, -0.2) is 54.6 Å². The Morgan fingerprint density at radius 1 is 0.949 bits per heavy atom. The molecule has 7 nitrogen and oxygen atoms in total. The quantitative estimate of drug-likeness (QED) is 0.329. The van der Waals surface area contributed by atoms with Gasteiger partial charge in [-0.25, -0.2) is 8.42 Å². The van der Waals surface area contributed by atoms with Crippen LogP contribution < -0.4 is 5.32 Å². The highest BCUT2D eigenvalue weighted by Crippen LogP contribution is 2.21. The third-order valence-electron chi connectivity index (χ3n) is 5.89. The second kappa shape index (κ2) is 13.1. The molecule has 3 rings (SSSR count). The van der Waals surface area contributed by atoms with E-state index in [1.54, 1.807) is 0 Å². The van der Waals surface area contributed by atoms with Crippen molar-refractivity contribution in [1.82, 2.24) is 14.5 Å². The summed E-state index contributed by atoms with van der Waals surface area (Å²) in [6, 6.07) is 21.8. The highest BCUT2D eigenvalue weighted by molar-refractivity contribution is 9.10. The van der Waals surface area contributed by atoms with E-state index in [-0.39, 0.29) is 23.8 Å². The maximum absolute atomic E-state index is 13.9. The first kappa shape index (κ1) is 30.8. The number of likely N-dealkylation sites (N-methyl/N-ethyl adjacent to an activating group) is 1. The molecule has 0 fully saturated rings. The van der Waals surface area contributed by atoms with Gasteiger partial charge in [0.25, 0.3) is 0 Å². The van der Waals surface area contributed by atoms with Crippen molar-refractivity contribution in [3.8, 4) is 0 Å². The summed E-state index contributed by atoms with van der Waals surface area (Å²) in [6.45, 7) is 5.28. The summed E-state index contributed by atoms with van der Waals surface area (Å²) < 4.78 is 28.2. The predicted octanol–water partition coefficient (Wildman–Crippen LogP) is 5.28. The van der Waals surface area contributed by atoms with Gasteiger partial charge in [-0.3, -0.25) is 9.59 Å². The van der Waals surface area contributed by atoms with Crippen molar-refractivity contribution >= 4 is 49.4 Å². The fraction of sp³-hybridized carbons (Fsp3) is 0.310. The number of nitrogens with zero attached hydrogens (tertiary/aromatic N) is 2. The fourth-order valence-electron chi connectivity index (χ4n) is 3.99. The fourth-order valence-corrected chi connectivity index (χ4v) is 5.68. The number of hydrogen-bond donors (Lipinski definition) is 1. The molecule has 0 unspecified atom stereocenters. The van der Waals surface area contributed by atoms with Crippen molar-refractivity contribution in [1.29, 1.82) is 0 Å². The summed E-state index contributed by atoms with van der Waals surface area (Å²) in [4.78, 5) is 29.0. The van der Waals surface area contributed by atoms with Gasteiger partial charge in [-0.2, -0.15) is 4.31 Å². The number of sulfonamides is 1. The molecule has 1 N–H and O–H groups in total. The summed E-state index contributed by atoms with van der Waals surface area (Å²) in [5, 5.41) is 3.40. The maximum Gasteiger partial charge on any atom is 0.243 e. The zero-order chi connectivity index (χ0) is 28.8. The second-order valence-electron chi connectivity index (χ2n) is 10.3. The van der Waals surface area contributed by atoms with E-state index in [4.69, 9.17) is 11.6 Å². The monoisotopic (exact) mass is 633 g/mol. The van der Waals surface area contributed by atoms with Crippen LogP contribution in [0.5, 0.6) is 0 Å².